The van der Waals surface area contributed by atoms with E-state index in [-0.39, 0.29) is 0 Å². The van der Waals surface area contributed by atoms with Gasteiger partial charge in [0.05, 0.1) is 0 Å². The fraction of sp³-hybridized carbons (Fsp3) is 0.0909. The first-order valence-electron chi connectivity index (χ1n) is 4.41. The van der Waals surface area contributed by atoms with E-state index in [4.69, 9.17) is 0 Å². The van der Waals surface area contributed by atoms with Gasteiger partial charge in [-0.3, -0.25) is 0 Å². The second-order valence-corrected chi connectivity index (χ2v) is 4.88. The highest BCUT2D eigenvalue weighted by atomic mass is 79.9. The molecule has 0 aliphatic rings. The van der Waals surface area contributed by atoms with Crippen LogP contribution in [0.5, 0.6) is 0 Å². The Kier molecular flexibility index (Phi) is 3.17. The zero-order chi connectivity index (χ0) is 10.8. The van der Waals surface area contributed by atoms with E-state index in [0.717, 1.165) is 20.3 Å². The number of rotatable bonds is 1. The van der Waals surface area contributed by atoms with E-state index in [1.165, 1.54) is 5.56 Å². The van der Waals surface area contributed by atoms with Crippen molar-refractivity contribution < 1.29 is 0 Å². The van der Waals surface area contributed by atoms with Gasteiger partial charge in [0, 0.05) is 26.9 Å². The van der Waals surface area contributed by atoms with E-state index in [9.17, 15) is 0 Å². The molecule has 0 N–H and O–H groups in total. The molecule has 0 amide bonds. The lowest BCUT2D eigenvalue weighted by Gasteiger charge is -2.06. The number of hydrogen-bond donors (Lipinski definition) is 0. The Morgan fingerprint density at radius 1 is 1.00 bits per heavy atom. The molecule has 2 nitrogen and oxygen atoms in total. The molecule has 0 bridgehead atoms. The molecule has 0 saturated carbocycles. The third-order valence-corrected chi connectivity index (χ3v) is 3.23. The Balaban J connectivity index is 2.64. The minimum Gasteiger partial charge on any atom is -0.237 e. The molecule has 2 aromatic rings. The second-order valence-electron chi connectivity index (χ2n) is 3.18. The van der Waals surface area contributed by atoms with Crippen LogP contribution < -0.4 is 0 Å². The maximum Gasteiger partial charge on any atom is 0.161 e. The van der Waals surface area contributed by atoms with E-state index in [1.54, 1.807) is 18.5 Å². The van der Waals surface area contributed by atoms with Crippen LogP contribution in [0.3, 0.4) is 0 Å². The molecular weight excluding hydrogens is 320 g/mol. The predicted octanol–water partition coefficient (Wildman–Crippen LogP) is 3.98. The fourth-order valence-corrected chi connectivity index (χ4v) is 3.11. The zero-order valence-corrected chi connectivity index (χ0v) is 11.2. The van der Waals surface area contributed by atoms with E-state index < -0.39 is 0 Å². The van der Waals surface area contributed by atoms with Crippen molar-refractivity contribution in [3.63, 3.8) is 0 Å². The number of halogens is 2. The van der Waals surface area contributed by atoms with Crippen LogP contribution in [-0.4, -0.2) is 9.97 Å². The topological polar surface area (TPSA) is 25.8 Å². The van der Waals surface area contributed by atoms with Gasteiger partial charge < -0.3 is 0 Å². The molecule has 0 saturated heterocycles. The van der Waals surface area contributed by atoms with Crippen LogP contribution in [-0.2, 0) is 0 Å². The Bertz CT molecular complexity index is 460. The molecule has 1 aromatic carbocycles. The molecule has 0 spiro atoms. The largest absolute Gasteiger partial charge is 0.237 e. The number of benzene rings is 1. The number of hydrogen-bond acceptors (Lipinski definition) is 2. The molecule has 1 heterocycles. The predicted molar refractivity (Wildman–Crippen MR) is 67.6 cm³/mol. The minimum atomic E-state index is 0.719. The number of aromatic nitrogens is 2. The lowest BCUT2D eigenvalue weighted by molar-refractivity contribution is 1.17. The minimum absolute atomic E-state index is 0.719. The van der Waals surface area contributed by atoms with Crippen molar-refractivity contribution in [2.24, 2.45) is 0 Å². The summed E-state index contributed by atoms with van der Waals surface area (Å²) in [6.45, 7) is 2.05. The Morgan fingerprint density at radius 3 is 2.07 bits per heavy atom. The van der Waals surface area contributed by atoms with Gasteiger partial charge in [0.1, 0.15) is 0 Å². The van der Waals surface area contributed by atoms with Gasteiger partial charge in [0.25, 0.3) is 0 Å². The van der Waals surface area contributed by atoms with Gasteiger partial charge >= 0.3 is 0 Å². The van der Waals surface area contributed by atoms with E-state index in [0.29, 0.717) is 0 Å². The summed E-state index contributed by atoms with van der Waals surface area (Å²) >= 11 is 7.05. The highest BCUT2D eigenvalue weighted by molar-refractivity contribution is 9.11. The van der Waals surface area contributed by atoms with Crippen LogP contribution in [0.1, 0.15) is 5.56 Å². The molecule has 76 valence electrons. The number of nitrogens with zero attached hydrogens (tertiary/aromatic N) is 2. The van der Waals surface area contributed by atoms with E-state index in [2.05, 4.69) is 54.0 Å². The highest BCUT2D eigenvalue weighted by Crippen LogP contribution is 2.33. The summed E-state index contributed by atoms with van der Waals surface area (Å²) in [5.74, 6) is 0.719. The van der Waals surface area contributed by atoms with Crippen molar-refractivity contribution in [2.75, 3.05) is 0 Å². The van der Waals surface area contributed by atoms with Crippen LogP contribution in [0.15, 0.2) is 39.5 Å². The maximum atomic E-state index is 4.23. The van der Waals surface area contributed by atoms with Crippen molar-refractivity contribution in [1.29, 1.82) is 0 Å². The molecule has 0 unspecified atom stereocenters. The molecule has 2 rings (SSSR count). The summed E-state index contributed by atoms with van der Waals surface area (Å²) in [6.07, 6.45) is 3.47. The zero-order valence-electron chi connectivity index (χ0n) is 8.04. The summed E-state index contributed by atoms with van der Waals surface area (Å²) in [7, 11) is 0. The van der Waals surface area contributed by atoms with Crippen LogP contribution >= 0.6 is 31.9 Å². The molecule has 1 aromatic heterocycles. The third-order valence-electron chi connectivity index (χ3n) is 1.98. The van der Waals surface area contributed by atoms with Crippen molar-refractivity contribution in [3.05, 3.63) is 45.1 Å². The van der Waals surface area contributed by atoms with Gasteiger partial charge in [-0.05, 0) is 62.5 Å². The Morgan fingerprint density at radius 2 is 1.53 bits per heavy atom. The summed E-state index contributed by atoms with van der Waals surface area (Å²) < 4.78 is 2.00. The van der Waals surface area contributed by atoms with Crippen LogP contribution in [0.25, 0.3) is 11.4 Å². The third kappa shape index (κ3) is 2.26. The normalized spacial score (nSPS) is 10.3. The van der Waals surface area contributed by atoms with Crippen molar-refractivity contribution in [1.82, 2.24) is 9.97 Å². The summed E-state index contributed by atoms with van der Waals surface area (Å²) in [5, 5.41) is 0. The van der Waals surface area contributed by atoms with Gasteiger partial charge in [-0.2, -0.15) is 0 Å². The fourth-order valence-electron chi connectivity index (χ4n) is 1.34. The van der Waals surface area contributed by atoms with Gasteiger partial charge in [0.2, 0.25) is 0 Å². The van der Waals surface area contributed by atoms with Crippen molar-refractivity contribution in [2.45, 2.75) is 6.92 Å². The molecule has 4 heteroatoms. The van der Waals surface area contributed by atoms with Gasteiger partial charge in [0.15, 0.2) is 5.82 Å². The van der Waals surface area contributed by atoms with Gasteiger partial charge in [-0.15, -0.1) is 0 Å². The summed E-state index contributed by atoms with van der Waals surface area (Å²) in [4.78, 5) is 8.46. The lowest BCUT2D eigenvalue weighted by atomic mass is 10.1. The molecule has 0 atom stereocenters. The van der Waals surface area contributed by atoms with Crippen LogP contribution in [0.2, 0.25) is 0 Å². The van der Waals surface area contributed by atoms with E-state index >= 15 is 0 Å². The van der Waals surface area contributed by atoms with Crippen molar-refractivity contribution in [3.8, 4) is 11.4 Å². The molecule has 15 heavy (non-hydrogen) atoms. The summed E-state index contributed by atoms with van der Waals surface area (Å²) in [5.41, 5.74) is 2.18. The molecule has 0 aliphatic heterocycles. The lowest BCUT2D eigenvalue weighted by Crippen LogP contribution is -1.90. The quantitative estimate of drug-likeness (QED) is 0.791. The standard InChI is InChI=1S/C11H8Br2N2/c1-7-5-8(12)10(9(13)6-7)11-14-3-2-4-15-11/h2-6H,1H3. The average Bonchev–Trinajstić information content (AvgIpc) is 2.17. The number of aryl methyl sites for hydroxylation is 1. The molecule has 0 radical (unpaired) electrons. The first kappa shape index (κ1) is 10.8. The van der Waals surface area contributed by atoms with Gasteiger partial charge in [-0.25, -0.2) is 9.97 Å². The Labute approximate surface area is 105 Å². The van der Waals surface area contributed by atoms with Crippen LogP contribution in [0.4, 0.5) is 0 Å². The average molecular weight is 328 g/mol. The maximum absolute atomic E-state index is 4.23. The molecule has 0 aliphatic carbocycles. The first-order valence-corrected chi connectivity index (χ1v) is 6.00. The second kappa shape index (κ2) is 4.41. The first-order chi connectivity index (χ1) is 7.18. The monoisotopic (exact) mass is 326 g/mol. The Hall–Kier alpha value is -0.740. The van der Waals surface area contributed by atoms with Crippen molar-refractivity contribution >= 4 is 31.9 Å². The summed E-state index contributed by atoms with van der Waals surface area (Å²) in [6, 6.07) is 5.91. The van der Waals surface area contributed by atoms with E-state index in [1.807, 2.05) is 6.92 Å². The van der Waals surface area contributed by atoms with Crippen LogP contribution in [0, 0.1) is 6.92 Å². The molecule has 0 fully saturated rings. The smallest absolute Gasteiger partial charge is 0.161 e. The van der Waals surface area contributed by atoms with Gasteiger partial charge in [-0.1, -0.05) is 0 Å². The molecular formula is C11H8Br2N2. The highest BCUT2D eigenvalue weighted by Gasteiger charge is 2.10. The SMILES string of the molecule is Cc1cc(Br)c(-c2ncccn2)c(Br)c1.